The molecule has 116 valence electrons. The van der Waals surface area contributed by atoms with Crippen LogP contribution in [-0.4, -0.2) is 39.1 Å². The van der Waals surface area contributed by atoms with Crippen molar-refractivity contribution in [3.05, 3.63) is 18.2 Å². The Bertz CT molecular complexity index is 853. The second-order valence-electron chi connectivity index (χ2n) is 4.62. The van der Waals surface area contributed by atoms with Crippen LogP contribution in [-0.2, 0) is 19.7 Å². The predicted molar refractivity (Wildman–Crippen MR) is 79.4 cm³/mol. The number of aromatic nitrogens is 1. The fourth-order valence-electron chi connectivity index (χ4n) is 1.76. The highest BCUT2D eigenvalue weighted by Gasteiger charge is 2.22. The van der Waals surface area contributed by atoms with E-state index in [1.54, 1.807) is 6.07 Å². The molecule has 0 aliphatic carbocycles. The zero-order valence-corrected chi connectivity index (χ0v) is 13.1. The lowest BCUT2D eigenvalue weighted by molar-refractivity contribution is 0.458. The third-order valence-electron chi connectivity index (χ3n) is 2.97. The third-order valence-corrected chi connectivity index (χ3v) is 6.29. The zero-order chi connectivity index (χ0) is 15.7. The van der Waals surface area contributed by atoms with Crippen molar-refractivity contribution < 1.29 is 21.3 Å². The Morgan fingerprint density at radius 2 is 1.90 bits per heavy atom. The lowest BCUT2D eigenvalue weighted by Crippen LogP contribution is -2.14. The van der Waals surface area contributed by atoms with Crippen molar-refractivity contribution in [1.82, 2.24) is 4.98 Å². The zero-order valence-electron chi connectivity index (χ0n) is 11.4. The van der Waals surface area contributed by atoms with E-state index in [4.69, 9.17) is 10.2 Å². The topological polar surface area (TPSA) is 120 Å². The molecule has 1 aromatic carbocycles. The van der Waals surface area contributed by atoms with E-state index in [0.29, 0.717) is 16.8 Å². The summed E-state index contributed by atoms with van der Waals surface area (Å²) in [6.07, 6.45) is 0.0133. The first kappa shape index (κ1) is 15.8. The third kappa shape index (κ3) is 3.73. The van der Waals surface area contributed by atoms with Crippen LogP contribution in [0.5, 0.6) is 0 Å². The lowest BCUT2D eigenvalue weighted by Gasteiger charge is -2.01. The quantitative estimate of drug-likeness (QED) is 0.783. The normalized spacial score (nSPS) is 12.8. The molecule has 0 atom stereocenters. The molecule has 0 bridgehead atoms. The van der Waals surface area contributed by atoms with Gasteiger partial charge in [-0.25, -0.2) is 16.8 Å². The molecule has 7 nitrogen and oxygen atoms in total. The first-order valence-electron chi connectivity index (χ1n) is 6.33. The molecule has 0 unspecified atom stereocenters. The van der Waals surface area contributed by atoms with Gasteiger partial charge in [0.2, 0.25) is 9.84 Å². The summed E-state index contributed by atoms with van der Waals surface area (Å²) in [6, 6.07) is 4.63. The molecule has 0 aliphatic heterocycles. The van der Waals surface area contributed by atoms with Crippen molar-refractivity contribution in [1.29, 1.82) is 0 Å². The van der Waals surface area contributed by atoms with Crippen molar-refractivity contribution in [2.45, 2.75) is 18.6 Å². The van der Waals surface area contributed by atoms with Crippen LogP contribution >= 0.6 is 0 Å². The number of nitrogen functional groups attached to an aromatic ring is 1. The molecule has 1 aromatic heterocycles. The number of nitrogens with two attached hydrogens (primary N) is 1. The first-order valence-corrected chi connectivity index (χ1v) is 9.80. The number of hydrogen-bond acceptors (Lipinski definition) is 7. The summed E-state index contributed by atoms with van der Waals surface area (Å²) in [5, 5.41) is -0.406. The van der Waals surface area contributed by atoms with Gasteiger partial charge < -0.3 is 10.2 Å². The fraction of sp³-hybridized carbons (Fsp3) is 0.417. The van der Waals surface area contributed by atoms with Crippen LogP contribution in [0.15, 0.2) is 27.8 Å². The van der Waals surface area contributed by atoms with Gasteiger partial charge >= 0.3 is 5.22 Å². The molecular formula is C12H16N2O5S2. The smallest absolute Gasteiger partial charge is 0.316 e. The number of sulfone groups is 2. The molecule has 2 aromatic rings. The van der Waals surface area contributed by atoms with E-state index < -0.39 is 24.9 Å². The van der Waals surface area contributed by atoms with E-state index in [0.717, 1.165) is 0 Å². The highest BCUT2D eigenvalue weighted by atomic mass is 32.2. The van der Waals surface area contributed by atoms with Crippen molar-refractivity contribution >= 4 is 36.5 Å². The number of fused-ring (bicyclic) bond motifs is 1. The molecule has 21 heavy (non-hydrogen) atoms. The molecular weight excluding hydrogens is 316 g/mol. The Balaban J connectivity index is 2.18. The summed E-state index contributed by atoms with van der Waals surface area (Å²) in [4.78, 5) is 3.90. The highest BCUT2D eigenvalue weighted by molar-refractivity contribution is 7.92. The SMILES string of the molecule is CCS(=O)(=O)CCCS(=O)(=O)c1nc2cc(N)ccc2o1. The summed E-state index contributed by atoms with van der Waals surface area (Å²) >= 11 is 0. The summed E-state index contributed by atoms with van der Waals surface area (Å²) in [5.41, 5.74) is 6.72. The number of anilines is 1. The standard InChI is InChI=1S/C12H16N2O5S2/c1-2-20(15,16)6-3-7-21(17,18)12-14-10-8-9(13)4-5-11(10)19-12/h4-5,8H,2-3,6-7,13H2,1H3. The maximum Gasteiger partial charge on any atom is 0.316 e. The van der Waals surface area contributed by atoms with Gasteiger partial charge in [-0.05, 0) is 24.6 Å². The first-order chi connectivity index (χ1) is 9.73. The van der Waals surface area contributed by atoms with Gasteiger partial charge in [0.1, 0.15) is 15.4 Å². The van der Waals surface area contributed by atoms with Gasteiger partial charge in [-0.3, -0.25) is 0 Å². The fourth-order valence-corrected chi connectivity index (χ4v) is 3.97. The molecule has 9 heteroatoms. The van der Waals surface area contributed by atoms with E-state index in [1.165, 1.54) is 19.1 Å². The molecule has 1 heterocycles. The largest absolute Gasteiger partial charge is 0.428 e. The molecule has 0 fully saturated rings. The maximum atomic E-state index is 12.1. The minimum atomic E-state index is -3.75. The van der Waals surface area contributed by atoms with Crippen molar-refractivity contribution in [3.63, 3.8) is 0 Å². The Hall–Kier alpha value is -1.61. The monoisotopic (exact) mass is 332 g/mol. The van der Waals surface area contributed by atoms with Gasteiger partial charge in [0, 0.05) is 11.4 Å². The second kappa shape index (κ2) is 5.64. The van der Waals surface area contributed by atoms with E-state index in [9.17, 15) is 16.8 Å². The predicted octanol–water partition coefficient (Wildman–Crippen LogP) is 1.01. The molecule has 0 radical (unpaired) electrons. The molecule has 0 aliphatic rings. The van der Waals surface area contributed by atoms with Crippen LogP contribution < -0.4 is 5.73 Å². The number of rotatable bonds is 6. The van der Waals surface area contributed by atoms with Crippen molar-refractivity contribution in [3.8, 4) is 0 Å². The minimum Gasteiger partial charge on any atom is -0.428 e. The van der Waals surface area contributed by atoms with Crippen molar-refractivity contribution in [2.75, 3.05) is 23.0 Å². The minimum absolute atomic E-state index is 0.00475. The molecule has 0 saturated carbocycles. The highest BCUT2D eigenvalue weighted by Crippen LogP contribution is 2.22. The van der Waals surface area contributed by atoms with Crippen LogP contribution in [0, 0.1) is 0 Å². The molecule has 0 saturated heterocycles. The Morgan fingerprint density at radius 3 is 2.57 bits per heavy atom. The Morgan fingerprint density at radius 1 is 1.19 bits per heavy atom. The van der Waals surface area contributed by atoms with Crippen LogP contribution in [0.1, 0.15) is 13.3 Å². The molecule has 2 rings (SSSR count). The number of oxazole rings is 1. The number of hydrogen-bond donors (Lipinski definition) is 1. The van der Waals surface area contributed by atoms with Gasteiger partial charge in [0.05, 0.1) is 11.5 Å². The summed E-state index contributed by atoms with van der Waals surface area (Å²) in [7, 11) is -6.94. The van der Waals surface area contributed by atoms with E-state index in [2.05, 4.69) is 4.98 Å². The van der Waals surface area contributed by atoms with E-state index in [1.807, 2.05) is 0 Å². The number of benzene rings is 1. The van der Waals surface area contributed by atoms with Crippen LogP contribution in [0.3, 0.4) is 0 Å². The van der Waals surface area contributed by atoms with Crippen LogP contribution in [0.2, 0.25) is 0 Å². The van der Waals surface area contributed by atoms with E-state index >= 15 is 0 Å². The molecule has 0 amide bonds. The number of nitrogens with zero attached hydrogens (tertiary/aromatic N) is 1. The maximum absolute atomic E-state index is 12.1. The summed E-state index contributed by atoms with van der Waals surface area (Å²) in [6.45, 7) is 1.52. The second-order valence-corrected chi connectivity index (χ2v) is 9.08. The average molecular weight is 332 g/mol. The van der Waals surface area contributed by atoms with Gasteiger partial charge in [-0.15, -0.1) is 0 Å². The molecule has 2 N–H and O–H groups in total. The Kier molecular flexibility index (Phi) is 4.24. The van der Waals surface area contributed by atoms with Crippen LogP contribution in [0.25, 0.3) is 11.1 Å². The Labute approximate surface area is 123 Å². The summed E-state index contributed by atoms with van der Waals surface area (Å²) in [5.74, 6) is -0.500. The van der Waals surface area contributed by atoms with Gasteiger partial charge in [-0.1, -0.05) is 6.92 Å². The van der Waals surface area contributed by atoms with Gasteiger partial charge in [-0.2, -0.15) is 4.98 Å². The van der Waals surface area contributed by atoms with Gasteiger partial charge in [0.25, 0.3) is 0 Å². The van der Waals surface area contributed by atoms with Crippen molar-refractivity contribution in [2.24, 2.45) is 0 Å². The van der Waals surface area contributed by atoms with E-state index in [-0.39, 0.29) is 23.7 Å². The molecule has 0 spiro atoms. The van der Waals surface area contributed by atoms with Gasteiger partial charge in [0.15, 0.2) is 5.58 Å². The van der Waals surface area contributed by atoms with Crippen LogP contribution in [0.4, 0.5) is 5.69 Å². The lowest BCUT2D eigenvalue weighted by atomic mass is 10.3. The summed E-state index contributed by atoms with van der Waals surface area (Å²) < 4.78 is 52.1. The average Bonchev–Trinajstić information content (AvgIpc) is 2.82.